The number of thiocarbonyl (C=S) groups is 1. The number of nitrogens with zero attached hydrogens (tertiary/aromatic N) is 1. The van der Waals surface area contributed by atoms with Crippen LogP contribution in [0.1, 0.15) is 59.4 Å². The molecule has 1 amide bonds. The van der Waals surface area contributed by atoms with E-state index in [0.717, 1.165) is 35.5 Å². The summed E-state index contributed by atoms with van der Waals surface area (Å²) in [7, 11) is 0. The minimum Gasteiger partial charge on any atom is -0.497 e. The molecule has 0 aromatic heterocycles. The molecule has 2 fully saturated rings. The van der Waals surface area contributed by atoms with Gasteiger partial charge in [-0.15, -0.1) is 0 Å². The molecule has 1 aromatic carbocycles. The lowest BCUT2D eigenvalue weighted by Crippen LogP contribution is -2.48. The highest BCUT2D eigenvalue weighted by atomic mass is 32.1. The minimum atomic E-state index is -1.04. The van der Waals surface area contributed by atoms with Crippen LogP contribution in [0.4, 0.5) is 0 Å². The van der Waals surface area contributed by atoms with Crippen molar-refractivity contribution in [2.45, 2.75) is 65.5 Å². The Labute approximate surface area is 221 Å². The minimum absolute atomic E-state index is 0.00588. The van der Waals surface area contributed by atoms with Crippen LogP contribution >= 0.6 is 12.2 Å². The van der Waals surface area contributed by atoms with E-state index in [1.807, 2.05) is 30.3 Å². The van der Waals surface area contributed by atoms with Gasteiger partial charge < -0.3 is 19.5 Å². The number of carbonyl (C=O) groups excluding carboxylic acids is 1. The predicted molar refractivity (Wildman–Crippen MR) is 146 cm³/mol. The quantitative estimate of drug-likeness (QED) is 0.451. The number of benzene rings is 1. The summed E-state index contributed by atoms with van der Waals surface area (Å²) in [4.78, 5) is 16.2. The van der Waals surface area contributed by atoms with Crippen LogP contribution in [0.3, 0.4) is 0 Å². The second-order valence-corrected chi connectivity index (χ2v) is 11.4. The molecule has 2 aliphatic heterocycles. The molecule has 4 rings (SSSR count). The van der Waals surface area contributed by atoms with Gasteiger partial charge in [0, 0.05) is 25.2 Å². The first-order chi connectivity index (χ1) is 17.2. The number of ether oxygens (including phenoxy) is 3. The Morgan fingerprint density at radius 1 is 1.06 bits per heavy atom. The number of carbonyl (C=O) groups is 1. The Morgan fingerprint density at radius 3 is 2.31 bits per heavy atom. The monoisotopic (exact) mass is 512 g/mol. The molecule has 7 heteroatoms. The zero-order valence-electron chi connectivity index (χ0n) is 22.2. The lowest BCUT2D eigenvalue weighted by molar-refractivity contribution is -0.132. The van der Waals surface area contributed by atoms with Gasteiger partial charge in [-0.3, -0.25) is 9.69 Å². The van der Waals surface area contributed by atoms with Crippen LogP contribution in [0.2, 0.25) is 0 Å². The van der Waals surface area contributed by atoms with Gasteiger partial charge in [-0.2, -0.15) is 0 Å². The molecule has 2 saturated heterocycles. The summed E-state index contributed by atoms with van der Waals surface area (Å²) >= 11 is 5.80. The van der Waals surface area contributed by atoms with E-state index in [1.165, 1.54) is 0 Å². The van der Waals surface area contributed by atoms with E-state index >= 15 is 0 Å². The Morgan fingerprint density at radius 2 is 1.69 bits per heavy atom. The molecule has 0 bridgehead atoms. The van der Waals surface area contributed by atoms with Gasteiger partial charge in [-0.05, 0) is 72.7 Å². The fourth-order valence-electron chi connectivity index (χ4n) is 5.06. The Kier molecular flexibility index (Phi) is 8.41. The van der Waals surface area contributed by atoms with Crippen molar-refractivity contribution in [3.8, 4) is 5.75 Å². The van der Waals surface area contributed by atoms with Crippen LogP contribution in [-0.2, 0) is 19.8 Å². The summed E-state index contributed by atoms with van der Waals surface area (Å²) in [6.45, 7) is 13.3. The highest BCUT2D eigenvalue weighted by molar-refractivity contribution is 7.80. The number of amides is 1. The van der Waals surface area contributed by atoms with Crippen molar-refractivity contribution in [2.75, 3.05) is 26.4 Å². The maximum atomic E-state index is 14.4. The van der Waals surface area contributed by atoms with Crippen LogP contribution in [0, 0.1) is 17.8 Å². The zero-order chi connectivity index (χ0) is 25.9. The lowest BCUT2D eigenvalue weighted by Gasteiger charge is -2.35. The normalized spacial score (nSPS) is 25.2. The van der Waals surface area contributed by atoms with Crippen LogP contribution in [-0.4, -0.2) is 48.4 Å². The first kappa shape index (κ1) is 26.7. The third-order valence-electron chi connectivity index (χ3n) is 7.01. The molecule has 0 saturated carbocycles. The second kappa shape index (κ2) is 11.3. The number of rotatable bonds is 9. The average Bonchev–Trinajstić information content (AvgIpc) is 3.13. The zero-order valence-corrected chi connectivity index (χ0v) is 23.0. The summed E-state index contributed by atoms with van der Waals surface area (Å²) in [5, 5.41) is 3.99. The maximum absolute atomic E-state index is 14.4. The van der Waals surface area contributed by atoms with Gasteiger partial charge in [0.1, 0.15) is 5.75 Å². The third-order valence-corrected chi connectivity index (χ3v) is 7.30. The predicted octanol–water partition coefficient (Wildman–Crippen LogP) is 5.34. The van der Waals surface area contributed by atoms with Crippen LogP contribution in [0.15, 0.2) is 47.7 Å². The molecular weight excluding hydrogens is 472 g/mol. The highest BCUT2D eigenvalue weighted by Crippen LogP contribution is 2.43. The van der Waals surface area contributed by atoms with E-state index < -0.39 is 5.54 Å². The highest BCUT2D eigenvalue weighted by Gasteiger charge is 2.55. The van der Waals surface area contributed by atoms with Crippen molar-refractivity contribution in [2.24, 2.45) is 17.8 Å². The van der Waals surface area contributed by atoms with E-state index in [1.54, 1.807) is 4.90 Å². The van der Waals surface area contributed by atoms with Gasteiger partial charge in [0.2, 0.25) is 0 Å². The summed E-state index contributed by atoms with van der Waals surface area (Å²) < 4.78 is 17.5. The summed E-state index contributed by atoms with van der Waals surface area (Å²) in [6, 6.07) is 7.94. The molecule has 2 heterocycles. The van der Waals surface area contributed by atoms with E-state index in [9.17, 15) is 4.79 Å². The Hall–Kier alpha value is -2.38. The Balaban J connectivity index is 1.71. The van der Waals surface area contributed by atoms with Crippen molar-refractivity contribution in [3.05, 3.63) is 53.3 Å². The maximum Gasteiger partial charge on any atom is 0.263 e. The lowest BCUT2D eigenvalue weighted by atomic mass is 9.76. The fourth-order valence-corrected chi connectivity index (χ4v) is 5.45. The molecule has 3 aliphatic rings. The van der Waals surface area contributed by atoms with Crippen LogP contribution < -0.4 is 10.1 Å². The average molecular weight is 513 g/mol. The van der Waals surface area contributed by atoms with Crippen molar-refractivity contribution < 1.29 is 19.0 Å². The SMILES string of the molecule is CC(C)COC1=CC=C(C2(c3ccc(OCC(C)C)cc3)NC(=S)N(C3CCOCC3)C2=O)CC1C. The molecule has 196 valence electrons. The topological polar surface area (TPSA) is 60.0 Å². The van der Waals surface area contributed by atoms with Gasteiger partial charge in [0.25, 0.3) is 5.91 Å². The molecular formula is C29H40N2O4S. The fraction of sp³-hybridized carbons (Fsp3) is 0.586. The standard InChI is InChI=1S/C29H40N2O4S/c1-19(2)17-34-25-9-6-22(7-10-25)29(23-8-11-26(21(5)16-23)35-18-20(3)4)27(32)31(28(36)30-29)24-12-14-33-15-13-24/h6-11,19-21,24H,12-18H2,1-5H3,(H,30,36). The second-order valence-electron chi connectivity index (χ2n) is 11.0. The summed E-state index contributed by atoms with van der Waals surface area (Å²) in [6.07, 6.45) is 6.36. The van der Waals surface area contributed by atoms with Crippen molar-refractivity contribution >= 4 is 23.2 Å². The van der Waals surface area contributed by atoms with Gasteiger partial charge in [0.05, 0.1) is 19.0 Å². The molecule has 6 nitrogen and oxygen atoms in total. The van der Waals surface area contributed by atoms with Gasteiger partial charge in [-0.25, -0.2) is 0 Å². The molecule has 0 spiro atoms. The largest absolute Gasteiger partial charge is 0.497 e. The summed E-state index contributed by atoms with van der Waals surface area (Å²) in [5.41, 5.74) is 0.838. The van der Waals surface area contributed by atoms with Gasteiger partial charge >= 0.3 is 0 Å². The van der Waals surface area contributed by atoms with E-state index in [-0.39, 0.29) is 17.9 Å². The first-order valence-corrected chi connectivity index (χ1v) is 13.6. The Bertz CT molecular complexity index is 1010. The van der Waals surface area contributed by atoms with E-state index in [2.05, 4.69) is 46.0 Å². The molecule has 1 aliphatic carbocycles. The molecule has 1 N–H and O–H groups in total. The first-order valence-electron chi connectivity index (χ1n) is 13.2. The number of hydrogen-bond donors (Lipinski definition) is 1. The smallest absolute Gasteiger partial charge is 0.263 e. The molecule has 2 atom stereocenters. The van der Waals surface area contributed by atoms with Crippen LogP contribution in [0.5, 0.6) is 5.75 Å². The number of nitrogens with one attached hydrogen (secondary N) is 1. The molecule has 2 unspecified atom stereocenters. The molecule has 36 heavy (non-hydrogen) atoms. The third kappa shape index (κ3) is 5.47. The summed E-state index contributed by atoms with van der Waals surface area (Å²) in [5.74, 6) is 2.81. The number of allylic oxidation sites excluding steroid dienone is 3. The van der Waals surface area contributed by atoms with E-state index in [4.69, 9.17) is 26.4 Å². The van der Waals surface area contributed by atoms with Crippen molar-refractivity contribution in [1.82, 2.24) is 10.2 Å². The molecule has 1 aromatic rings. The van der Waals surface area contributed by atoms with Crippen LogP contribution in [0.25, 0.3) is 0 Å². The molecule has 0 radical (unpaired) electrons. The number of hydrogen-bond acceptors (Lipinski definition) is 5. The van der Waals surface area contributed by atoms with Gasteiger partial charge in [0.15, 0.2) is 10.7 Å². The van der Waals surface area contributed by atoms with E-state index in [0.29, 0.717) is 49.8 Å². The van der Waals surface area contributed by atoms with Crippen molar-refractivity contribution in [3.63, 3.8) is 0 Å². The van der Waals surface area contributed by atoms with Gasteiger partial charge in [-0.1, -0.05) is 52.8 Å². The van der Waals surface area contributed by atoms with Crippen molar-refractivity contribution in [1.29, 1.82) is 0 Å².